The number of aromatic nitrogens is 2. The lowest BCUT2D eigenvalue weighted by atomic mass is 9.52. The first-order valence-electron chi connectivity index (χ1n) is 14.4. The molecule has 0 N–H and O–H groups in total. The van der Waals surface area contributed by atoms with E-state index in [0.29, 0.717) is 22.5 Å². The van der Waals surface area contributed by atoms with E-state index >= 15 is 0 Å². The largest absolute Gasteiger partial charge is 0.489 e. The Morgan fingerprint density at radius 3 is 2.38 bits per heavy atom. The molecule has 196 valence electrons. The van der Waals surface area contributed by atoms with E-state index in [2.05, 4.69) is 45.0 Å². The zero-order chi connectivity index (χ0) is 26.7. The average molecular weight is 515 g/mol. The van der Waals surface area contributed by atoms with Gasteiger partial charge in [-0.2, -0.15) is 0 Å². The standard InChI is InChI=1S/C35H34N2O2/c1-4-23-19-24(35(23,2)3)20-25-15-16-28-32-31(26-12-8-9-13-27(26)34(28)39-25)36-29-17-14-22(18-30(29)37-32)33(38)21-10-6-5-7-11-21/h5-14,17-18,23-25H,4,15-16,19-20H2,1-3H3. The molecule has 0 saturated heterocycles. The van der Waals surface area contributed by atoms with Gasteiger partial charge in [0.05, 0.1) is 28.2 Å². The van der Waals surface area contributed by atoms with Gasteiger partial charge in [-0.15, -0.1) is 0 Å². The summed E-state index contributed by atoms with van der Waals surface area (Å²) in [5.74, 6) is 2.51. The van der Waals surface area contributed by atoms with Crippen LogP contribution in [-0.4, -0.2) is 21.9 Å². The molecule has 5 aromatic rings. The lowest BCUT2D eigenvalue weighted by Crippen LogP contribution is -2.46. The van der Waals surface area contributed by atoms with Crippen LogP contribution < -0.4 is 4.74 Å². The topological polar surface area (TPSA) is 52.1 Å². The number of benzene rings is 4. The predicted octanol–water partition coefficient (Wildman–Crippen LogP) is 8.32. The predicted molar refractivity (Wildman–Crippen MR) is 157 cm³/mol. The van der Waals surface area contributed by atoms with Crippen molar-refractivity contribution in [3.8, 4) is 5.75 Å². The summed E-state index contributed by atoms with van der Waals surface area (Å²) in [6.45, 7) is 7.19. The molecule has 3 unspecified atom stereocenters. The van der Waals surface area contributed by atoms with Crippen molar-refractivity contribution in [1.82, 2.24) is 9.97 Å². The summed E-state index contributed by atoms with van der Waals surface area (Å²) in [5.41, 5.74) is 6.18. The third kappa shape index (κ3) is 3.92. The molecule has 1 aliphatic carbocycles. The fourth-order valence-corrected chi connectivity index (χ4v) is 7.10. The second-order valence-corrected chi connectivity index (χ2v) is 12.0. The van der Waals surface area contributed by atoms with Gasteiger partial charge in [0.25, 0.3) is 0 Å². The number of hydrogen-bond donors (Lipinski definition) is 0. The maximum Gasteiger partial charge on any atom is 0.193 e. The Morgan fingerprint density at radius 1 is 0.872 bits per heavy atom. The number of hydrogen-bond acceptors (Lipinski definition) is 4. The van der Waals surface area contributed by atoms with Crippen LogP contribution in [0.4, 0.5) is 0 Å². The van der Waals surface area contributed by atoms with E-state index in [1.165, 1.54) is 12.8 Å². The number of nitrogens with zero attached hydrogens (tertiary/aromatic N) is 2. The van der Waals surface area contributed by atoms with Gasteiger partial charge >= 0.3 is 0 Å². The highest BCUT2D eigenvalue weighted by Gasteiger charge is 2.47. The van der Waals surface area contributed by atoms with Crippen LogP contribution >= 0.6 is 0 Å². The molecular formula is C35H34N2O2. The molecule has 7 rings (SSSR count). The first-order valence-corrected chi connectivity index (χ1v) is 14.4. The third-order valence-electron chi connectivity index (χ3n) is 9.66. The molecular weight excluding hydrogens is 480 g/mol. The number of carbonyl (C=O) groups excluding carboxylic acids is 1. The van der Waals surface area contributed by atoms with E-state index in [1.54, 1.807) is 0 Å². The van der Waals surface area contributed by atoms with Gasteiger partial charge in [0.2, 0.25) is 0 Å². The quantitative estimate of drug-likeness (QED) is 0.134. The Balaban J connectivity index is 1.30. The highest BCUT2D eigenvalue weighted by molar-refractivity contribution is 6.12. The van der Waals surface area contributed by atoms with Crippen LogP contribution in [0.25, 0.3) is 32.8 Å². The molecule has 1 fully saturated rings. The Hall–Kier alpha value is -3.79. The number of ketones is 1. The molecule has 0 bridgehead atoms. The normalized spacial score (nSPS) is 21.9. The highest BCUT2D eigenvalue weighted by atomic mass is 16.5. The van der Waals surface area contributed by atoms with Gasteiger partial charge in [0.1, 0.15) is 5.75 Å². The van der Waals surface area contributed by atoms with Gasteiger partial charge < -0.3 is 4.74 Å². The molecule has 2 heterocycles. The van der Waals surface area contributed by atoms with Crippen molar-refractivity contribution < 1.29 is 9.53 Å². The first-order chi connectivity index (χ1) is 18.9. The SMILES string of the molecule is CCC1CC(CC2CCc3c(c4ccccc4c4nc5ccc(C(=O)c6ccccc6)cc5nc34)O2)C1(C)C. The van der Waals surface area contributed by atoms with E-state index in [0.717, 1.165) is 69.3 Å². The number of fused-ring (bicyclic) bond motifs is 7. The van der Waals surface area contributed by atoms with E-state index in [1.807, 2.05) is 48.5 Å². The van der Waals surface area contributed by atoms with Gasteiger partial charge in [0.15, 0.2) is 5.78 Å². The molecule has 1 saturated carbocycles. The zero-order valence-electron chi connectivity index (χ0n) is 22.9. The lowest BCUT2D eigenvalue weighted by molar-refractivity contribution is -0.0481. The fraction of sp³-hybridized carbons (Fsp3) is 0.343. The summed E-state index contributed by atoms with van der Waals surface area (Å²) in [6, 6.07) is 23.5. The Kier molecular flexibility index (Phi) is 5.69. The van der Waals surface area contributed by atoms with Gasteiger partial charge in [-0.25, -0.2) is 9.97 Å². The fourth-order valence-electron chi connectivity index (χ4n) is 7.10. The van der Waals surface area contributed by atoms with Crippen molar-refractivity contribution in [3.05, 3.63) is 89.5 Å². The summed E-state index contributed by atoms with van der Waals surface area (Å²) in [7, 11) is 0. The van der Waals surface area contributed by atoms with Crippen LogP contribution in [-0.2, 0) is 6.42 Å². The van der Waals surface area contributed by atoms with Crippen molar-refractivity contribution >= 4 is 38.6 Å². The first kappa shape index (κ1) is 24.3. The summed E-state index contributed by atoms with van der Waals surface area (Å²) in [4.78, 5) is 23.4. The molecule has 1 aromatic heterocycles. The molecule has 4 nitrogen and oxygen atoms in total. The van der Waals surface area contributed by atoms with Crippen molar-refractivity contribution in [1.29, 1.82) is 0 Å². The Bertz CT molecular complexity index is 1740. The maximum atomic E-state index is 13.1. The number of rotatable bonds is 5. The molecule has 0 radical (unpaired) electrons. The summed E-state index contributed by atoms with van der Waals surface area (Å²) in [5, 5.41) is 2.19. The van der Waals surface area contributed by atoms with E-state index < -0.39 is 0 Å². The van der Waals surface area contributed by atoms with E-state index in [4.69, 9.17) is 14.7 Å². The van der Waals surface area contributed by atoms with E-state index in [-0.39, 0.29) is 11.9 Å². The van der Waals surface area contributed by atoms with E-state index in [9.17, 15) is 4.79 Å². The van der Waals surface area contributed by atoms with Crippen molar-refractivity contribution in [2.45, 2.75) is 59.0 Å². The van der Waals surface area contributed by atoms with Gasteiger partial charge in [0, 0.05) is 27.5 Å². The van der Waals surface area contributed by atoms with Crippen molar-refractivity contribution in [2.75, 3.05) is 0 Å². The molecule has 3 atom stereocenters. The molecule has 39 heavy (non-hydrogen) atoms. The summed E-state index contributed by atoms with van der Waals surface area (Å²) < 4.78 is 6.83. The zero-order valence-corrected chi connectivity index (χ0v) is 22.9. The molecule has 4 heteroatoms. The second kappa shape index (κ2) is 9.15. The number of carbonyl (C=O) groups is 1. The van der Waals surface area contributed by atoms with Crippen LogP contribution in [0.2, 0.25) is 0 Å². The second-order valence-electron chi connectivity index (χ2n) is 12.0. The molecule has 4 aromatic carbocycles. The van der Waals surface area contributed by atoms with Gasteiger partial charge in [-0.3, -0.25) is 4.79 Å². The maximum absolute atomic E-state index is 13.1. The van der Waals surface area contributed by atoms with Crippen LogP contribution in [0.3, 0.4) is 0 Å². The summed E-state index contributed by atoms with van der Waals surface area (Å²) in [6.07, 6.45) is 5.84. The highest BCUT2D eigenvalue weighted by Crippen LogP contribution is 2.55. The smallest absolute Gasteiger partial charge is 0.193 e. The van der Waals surface area contributed by atoms with Crippen LogP contribution in [0.1, 0.15) is 67.9 Å². The van der Waals surface area contributed by atoms with Crippen LogP contribution in [0.15, 0.2) is 72.8 Å². The van der Waals surface area contributed by atoms with Crippen LogP contribution in [0.5, 0.6) is 5.75 Å². The third-order valence-corrected chi connectivity index (χ3v) is 9.66. The molecule has 0 spiro atoms. The minimum absolute atomic E-state index is 0.00431. The Labute approximate surface area is 229 Å². The monoisotopic (exact) mass is 514 g/mol. The minimum Gasteiger partial charge on any atom is -0.489 e. The van der Waals surface area contributed by atoms with Crippen LogP contribution in [0, 0.1) is 17.3 Å². The van der Waals surface area contributed by atoms with Crippen molar-refractivity contribution in [2.24, 2.45) is 17.3 Å². The summed E-state index contributed by atoms with van der Waals surface area (Å²) >= 11 is 0. The number of ether oxygens (including phenoxy) is 1. The van der Waals surface area contributed by atoms with Gasteiger partial charge in [-0.1, -0.05) is 81.8 Å². The minimum atomic E-state index is -0.00431. The van der Waals surface area contributed by atoms with Gasteiger partial charge in [-0.05, 0) is 61.1 Å². The Morgan fingerprint density at radius 2 is 1.62 bits per heavy atom. The van der Waals surface area contributed by atoms with Crippen molar-refractivity contribution in [3.63, 3.8) is 0 Å². The molecule has 1 aliphatic heterocycles. The lowest BCUT2D eigenvalue weighted by Gasteiger charge is -2.53. The average Bonchev–Trinajstić information content (AvgIpc) is 2.98. The number of aryl methyl sites for hydroxylation is 1. The molecule has 0 amide bonds. The molecule has 2 aliphatic rings.